The molecule has 0 spiro atoms. The number of halogens is 1. The van der Waals surface area contributed by atoms with Gasteiger partial charge in [-0.15, -0.1) is 0 Å². The number of nitrogens with zero attached hydrogens (tertiary/aromatic N) is 2. The number of H-pyrrole nitrogens is 1. The molecule has 0 saturated heterocycles. The maximum Gasteiger partial charge on any atom is 0.297 e. The molecule has 2 aromatic rings. The smallest absolute Gasteiger partial charge is 0.297 e. The van der Waals surface area contributed by atoms with Crippen LogP contribution in [0, 0.1) is 17.5 Å². The van der Waals surface area contributed by atoms with Gasteiger partial charge in [-0.3, -0.25) is 4.98 Å². The van der Waals surface area contributed by atoms with Crippen LogP contribution in [0.2, 0.25) is 0 Å². The molecule has 4 nitrogen and oxygen atoms in total. The lowest BCUT2D eigenvalue weighted by molar-refractivity contribution is 0.378. The molecule has 0 atom stereocenters. The van der Waals surface area contributed by atoms with Gasteiger partial charge in [0.05, 0.1) is 7.11 Å². The third-order valence-corrected chi connectivity index (χ3v) is 2.53. The summed E-state index contributed by atoms with van der Waals surface area (Å²) in [5, 5.41) is 0. The zero-order chi connectivity index (χ0) is 12.4. The van der Waals surface area contributed by atoms with Gasteiger partial charge in [-0.2, -0.15) is 4.98 Å². The second-order valence-corrected chi connectivity index (χ2v) is 3.77. The minimum absolute atomic E-state index is 0.152. The third-order valence-electron chi connectivity index (χ3n) is 2.35. The summed E-state index contributed by atoms with van der Waals surface area (Å²) in [6.07, 6.45) is 0. The summed E-state index contributed by atoms with van der Waals surface area (Å²) in [4.78, 5) is 10.8. The van der Waals surface area contributed by atoms with Gasteiger partial charge in [0, 0.05) is 5.56 Å². The topological polar surface area (TPSA) is 50.8 Å². The summed E-state index contributed by atoms with van der Waals surface area (Å²) in [5.74, 6) is 0.151. The van der Waals surface area contributed by atoms with Crippen molar-refractivity contribution in [3.63, 3.8) is 0 Å². The van der Waals surface area contributed by atoms with Crippen molar-refractivity contribution in [3.8, 4) is 17.4 Å². The second-order valence-electron chi connectivity index (χ2n) is 3.40. The Morgan fingerprint density at radius 2 is 2.12 bits per heavy atom. The standard InChI is InChI=1S/C11H10FN3OS/c1-6-7(4-3-5-8(6)12)9-13-10(16-2)15-11(17)14-9/h3-5H,1-2H3,(H,13,14,15,17). The highest BCUT2D eigenvalue weighted by molar-refractivity contribution is 7.71. The fraction of sp³-hybridized carbons (Fsp3) is 0.182. The van der Waals surface area contributed by atoms with Crippen LogP contribution in [-0.4, -0.2) is 22.1 Å². The molecule has 0 aliphatic carbocycles. The first-order valence-corrected chi connectivity index (χ1v) is 5.30. The molecular formula is C11H10FN3OS. The predicted molar refractivity (Wildman–Crippen MR) is 63.9 cm³/mol. The second kappa shape index (κ2) is 4.58. The van der Waals surface area contributed by atoms with E-state index in [9.17, 15) is 4.39 Å². The first kappa shape index (κ1) is 11.7. The van der Waals surface area contributed by atoms with Gasteiger partial charge in [-0.25, -0.2) is 9.37 Å². The molecule has 0 unspecified atom stereocenters. The molecule has 0 bridgehead atoms. The van der Waals surface area contributed by atoms with Crippen molar-refractivity contribution in [2.45, 2.75) is 6.92 Å². The molecule has 1 aromatic carbocycles. The molecule has 0 fully saturated rings. The van der Waals surface area contributed by atoms with E-state index >= 15 is 0 Å². The van der Waals surface area contributed by atoms with Crippen molar-refractivity contribution < 1.29 is 9.13 Å². The van der Waals surface area contributed by atoms with Crippen LogP contribution in [-0.2, 0) is 0 Å². The van der Waals surface area contributed by atoms with E-state index in [0.29, 0.717) is 17.0 Å². The Labute approximate surface area is 103 Å². The van der Waals surface area contributed by atoms with Crippen molar-refractivity contribution in [2.75, 3.05) is 7.11 Å². The monoisotopic (exact) mass is 251 g/mol. The minimum atomic E-state index is -0.292. The SMILES string of the molecule is COc1nc(=S)nc(-c2cccc(F)c2C)[nH]1. The molecule has 1 aromatic heterocycles. The van der Waals surface area contributed by atoms with Gasteiger partial charge in [0.15, 0.2) is 0 Å². The highest BCUT2D eigenvalue weighted by Crippen LogP contribution is 2.22. The predicted octanol–water partition coefficient (Wildman–Crippen LogP) is 2.66. The summed E-state index contributed by atoms with van der Waals surface area (Å²) in [6, 6.07) is 5.02. The molecule has 1 heterocycles. The molecule has 0 amide bonds. The average molecular weight is 251 g/mol. The number of aromatic amines is 1. The van der Waals surface area contributed by atoms with E-state index < -0.39 is 0 Å². The van der Waals surface area contributed by atoms with Gasteiger partial charge in [0.25, 0.3) is 6.01 Å². The lowest BCUT2D eigenvalue weighted by Gasteiger charge is -2.07. The summed E-state index contributed by atoms with van der Waals surface area (Å²) in [7, 11) is 1.47. The number of ether oxygens (including phenoxy) is 1. The van der Waals surface area contributed by atoms with Gasteiger partial charge in [0.1, 0.15) is 11.6 Å². The molecule has 0 aliphatic rings. The van der Waals surface area contributed by atoms with Crippen molar-refractivity contribution in [1.29, 1.82) is 0 Å². The van der Waals surface area contributed by atoms with Crippen molar-refractivity contribution >= 4 is 12.2 Å². The molecule has 0 aliphatic heterocycles. The van der Waals surface area contributed by atoms with Crippen LogP contribution in [0.15, 0.2) is 18.2 Å². The Bertz CT molecular complexity index is 612. The number of methoxy groups -OCH3 is 1. The largest absolute Gasteiger partial charge is 0.468 e. The summed E-state index contributed by atoms with van der Waals surface area (Å²) in [6.45, 7) is 1.68. The van der Waals surface area contributed by atoms with E-state index in [2.05, 4.69) is 15.0 Å². The molecule has 0 saturated carbocycles. The number of hydrogen-bond donors (Lipinski definition) is 1. The van der Waals surface area contributed by atoms with Crippen LogP contribution in [0.3, 0.4) is 0 Å². The first-order chi connectivity index (χ1) is 8.11. The summed E-state index contributed by atoms with van der Waals surface area (Å²) >= 11 is 4.91. The fourth-order valence-corrected chi connectivity index (χ4v) is 1.63. The summed E-state index contributed by atoms with van der Waals surface area (Å²) in [5.41, 5.74) is 1.13. The fourth-order valence-electron chi connectivity index (χ4n) is 1.45. The Hall–Kier alpha value is -1.82. The number of hydrogen-bond acceptors (Lipinski definition) is 4. The maximum absolute atomic E-state index is 13.4. The number of rotatable bonds is 2. The minimum Gasteiger partial charge on any atom is -0.468 e. The van der Waals surface area contributed by atoms with Crippen molar-refractivity contribution in [2.24, 2.45) is 0 Å². The van der Waals surface area contributed by atoms with Gasteiger partial charge >= 0.3 is 0 Å². The van der Waals surface area contributed by atoms with E-state index in [1.165, 1.54) is 13.2 Å². The molecule has 1 N–H and O–H groups in total. The molecule has 17 heavy (non-hydrogen) atoms. The van der Waals surface area contributed by atoms with E-state index in [0.717, 1.165) is 0 Å². The van der Waals surface area contributed by atoms with Crippen LogP contribution in [0.25, 0.3) is 11.4 Å². The van der Waals surface area contributed by atoms with E-state index in [-0.39, 0.29) is 16.6 Å². The third kappa shape index (κ3) is 2.31. The number of nitrogens with one attached hydrogen (secondary N) is 1. The number of benzene rings is 1. The van der Waals surface area contributed by atoms with E-state index in [4.69, 9.17) is 17.0 Å². The highest BCUT2D eigenvalue weighted by Gasteiger charge is 2.09. The average Bonchev–Trinajstić information content (AvgIpc) is 2.31. The number of aromatic nitrogens is 3. The zero-order valence-electron chi connectivity index (χ0n) is 9.32. The van der Waals surface area contributed by atoms with Crippen LogP contribution < -0.4 is 4.74 Å². The van der Waals surface area contributed by atoms with E-state index in [1.807, 2.05) is 0 Å². The van der Waals surface area contributed by atoms with Crippen LogP contribution in [0.1, 0.15) is 5.56 Å². The van der Waals surface area contributed by atoms with Gasteiger partial charge in [-0.1, -0.05) is 12.1 Å². The normalized spacial score (nSPS) is 10.3. The molecule has 88 valence electrons. The Morgan fingerprint density at radius 1 is 1.35 bits per heavy atom. The molecular weight excluding hydrogens is 241 g/mol. The molecule has 0 radical (unpaired) electrons. The van der Waals surface area contributed by atoms with Gasteiger partial charge in [-0.05, 0) is 30.8 Å². The summed E-state index contributed by atoms with van der Waals surface area (Å²) < 4.78 is 18.5. The van der Waals surface area contributed by atoms with Crippen LogP contribution >= 0.6 is 12.2 Å². The van der Waals surface area contributed by atoms with Gasteiger partial charge in [0.2, 0.25) is 4.77 Å². The van der Waals surface area contributed by atoms with Gasteiger partial charge < -0.3 is 4.74 Å². The van der Waals surface area contributed by atoms with Crippen LogP contribution in [0.5, 0.6) is 6.01 Å². The van der Waals surface area contributed by atoms with Crippen LogP contribution in [0.4, 0.5) is 4.39 Å². The Balaban J connectivity index is 2.64. The highest BCUT2D eigenvalue weighted by atomic mass is 32.1. The Morgan fingerprint density at radius 3 is 2.82 bits per heavy atom. The lowest BCUT2D eigenvalue weighted by Crippen LogP contribution is -1.99. The molecule has 2 rings (SSSR count). The maximum atomic E-state index is 13.4. The van der Waals surface area contributed by atoms with Crippen molar-refractivity contribution in [1.82, 2.24) is 15.0 Å². The quantitative estimate of drug-likeness (QED) is 0.834. The lowest BCUT2D eigenvalue weighted by atomic mass is 10.1. The molecule has 6 heteroatoms. The Kier molecular flexibility index (Phi) is 3.14. The first-order valence-electron chi connectivity index (χ1n) is 4.89. The van der Waals surface area contributed by atoms with E-state index in [1.54, 1.807) is 19.1 Å². The van der Waals surface area contributed by atoms with Crippen molar-refractivity contribution in [3.05, 3.63) is 34.4 Å². The zero-order valence-corrected chi connectivity index (χ0v) is 10.1.